The van der Waals surface area contributed by atoms with Gasteiger partial charge in [-0.1, -0.05) is 0 Å². The van der Waals surface area contributed by atoms with E-state index in [4.69, 9.17) is 10.5 Å². The summed E-state index contributed by atoms with van der Waals surface area (Å²) < 4.78 is 32.8. The number of nitrogens with two attached hydrogens (primary N) is 1. The van der Waals surface area contributed by atoms with E-state index < -0.39 is 10.0 Å². The number of benzene rings is 1. The molecule has 0 radical (unpaired) electrons. The minimum atomic E-state index is -3.53. The number of hydrogen-bond donors (Lipinski definition) is 2. The number of methoxy groups -OCH3 is 1. The van der Waals surface area contributed by atoms with E-state index in [9.17, 15) is 8.42 Å². The second kappa shape index (κ2) is 6.96. The number of aryl methyl sites for hydroxylation is 2. The lowest BCUT2D eigenvalue weighted by atomic mass is 10.1. The predicted octanol–water partition coefficient (Wildman–Crippen LogP) is 1.75. The Kier molecular flexibility index (Phi) is 6.04. The summed E-state index contributed by atoms with van der Waals surface area (Å²) in [6.07, 6.45) is 2.09. The maximum absolute atomic E-state index is 12.4. The lowest BCUT2D eigenvalue weighted by Crippen LogP contribution is -2.41. The summed E-state index contributed by atoms with van der Waals surface area (Å²) in [5.74, 6) is 1.11. The number of halogens is 1. The van der Waals surface area contributed by atoms with Crippen molar-refractivity contribution in [3.8, 4) is 5.75 Å². The molecule has 3 N–H and O–H groups in total. The van der Waals surface area contributed by atoms with Gasteiger partial charge in [0.05, 0.1) is 12.0 Å². The Morgan fingerprint density at radius 3 is 2.24 bits per heavy atom. The van der Waals surface area contributed by atoms with Crippen LogP contribution in [0.2, 0.25) is 0 Å². The summed E-state index contributed by atoms with van der Waals surface area (Å²) in [5, 5.41) is 0. The summed E-state index contributed by atoms with van der Waals surface area (Å²) in [5.41, 5.74) is 7.28. The third-order valence-electron chi connectivity index (χ3n) is 3.70. The van der Waals surface area contributed by atoms with Crippen molar-refractivity contribution >= 4 is 22.4 Å². The highest BCUT2D eigenvalue weighted by molar-refractivity contribution is 7.89. The van der Waals surface area contributed by atoms with Crippen molar-refractivity contribution in [2.75, 3.05) is 13.7 Å². The number of rotatable bonds is 6. The van der Waals surface area contributed by atoms with Crippen LogP contribution in [0.1, 0.15) is 24.0 Å². The molecule has 0 bridgehead atoms. The SMILES string of the molecule is COc1c(C)cc(S(=O)(=O)NC(CN)C2CC2)cc1C.Cl. The summed E-state index contributed by atoms with van der Waals surface area (Å²) in [4.78, 5) is 0.271. The summed E-state index contributed by atoms with van der Waals surface area (Å²) in [7, 11) is -1.95. The third kappa shape index (κ3) is 4.10. The number of hydrogen-bond acceptors (Lipinski definition) is 4. The molecule has 0 spiro atoms. The summed E-state index contributed by atoms with van der Waals surface area (Å²) in [6, 6.07) is 3.10. The molecule has 1 aliphatic rings. The number of sulfonamides is 1. The quantitative estimate of drug-likeness (QED) is 0.830. The van der Waals surface area contributed by atoms with Crippen LogP contribution in [0.25, 0.3) is 0 Å². The van der Waals surface area contributed by atoms with Crippen LogP contribution >= 0.6 is 12.4 Å². The lowest BCUT2D eigenvalue weighted by molar-refractivity contribution is 0.408. The van der Waals surface area contributed by atoms with E-state index in [1.54, 1.807) is 19.2 Å². The van der Waals surface area contributed by atoms with Crippen LogP contribution in [0.5, 0.6) is 5.75 Å². The van der Waals surface area contributed by atoms with Crippen LogP contribution in [0, 0.1) is 19.8 Å². The Hall–Kier alpha value is -0.820. The van der Waals surface area contributed by atoms with Gasteiger partial charge in [0.2, 0.25) is 10.0 Å². The molecule has 120 valence electrons. The van der Waals surface area contributed by atoms with Crippen LogP contribution in [0.3, 0.4) is 0 Å². The smallest absolute Gasteiger partial charge is 0.240 e. The van der Waals surface area contributed by atoms with Gasteiger partial charge in [-0.3, -0.25) is 0 Å². The molecule has 2 rings (SSSR count). The second-order valence-electron chi connectivity index (χ2n) is 5.39. The molecule has 1 aromatic rings. The topological polar surface area (TPSA) is 81.4 Å². The van der Waals surface area contributed by atoms with Crippen molar-refractivity contribution in [2.24, 2.45) is 11.7 Å². The second-order valence-corrected chi connectivity index (χ2v) is 7.11. The average Bonchev–Trinajstić information content (AvgIpc) is 3.20. The molecule has 21 heavy (non-hydrogen) atoms. The predicted molar refractivity (Wildman–Crippen MR) is 85.6 cm³/mol. The Bertz CT molecular complexity index is 577. The first kappa shape index (κ1) is 18.2. The molecule has 0 aromatic heterocycles. The Morgan fingerprint density at radius 1 is 1.33 bits per heavy atom. The van der Waals surface area contributed by atoms with E-state index in [0.29, 0.717) is 12.5 Å². The summed E-state index contributed by atoms with van der Waals surface area (Å²) in [6.45, 7) is 4.01. The van der Waals surface area contributed by atoms with Gasteiger partial charge in [0.25, 0.3) is 0 Å². The van der Waals surface area contributed by atoms with E-state index in [-0.39, 0.29) is 23.3 Å². The molecule has 1 saturated carbocycles. The first-order valence-electron chi connectivity index (χ1n) is 6.76. The van der Waals surface area contributed by atoms with Crippen molar-refractivity contribution in [3.63, 3.8) is 0 Å². The van der Waals surface area contributed by atoms with Gasteiger partial charge in [0.1, 0.15) is 5.75 Å². The fourth-order valence-electron chi connectivity index (χ4n) is 2.49. The molecular weight excluding hydrogens is 312 g/mol. The maximum Gasteiger partial charge on any atom is 0.240 e. The van der Waals surface area contributed by atoms with Crippen LogP contribution in [-0.2, 0) is 10.0 Å². The van der Waals surface area contributed by atoms with Crippen molar-refractivity contribution < 1.29 is 13.2 Å². The van der Waals surface area contributed by atoms with Gasteiger partial charge in [-0.2, -0.15) is 0 Å². The van der Waals surface area contributed by atoms with E-state index in [0.717, 1.165) is 29.7 Å². The van der Waals surface area contributed by atoms with Crippen LogP contribution in [-0.4, -0.2) is 28.1 Å². The zero-order chi connectivity index (χ0) is 14.9. The largest absolute Gasteiger partial charge is 0.496 e. The molecule has 0 heterocycles. The first-order chi connectivity index (χ1) is 9.39. The minimum Gasteiger partial charge on any atom is -0.496 e. The third-order valence-corrected chi connectivity index (χ3v) is 5.17. The zero-order valence-corrected chi connectivity index (χ0v) is 14.2. The van der Waals surface area contributed by atoms with E-state index in [1.807, 2.05) is 13.8 Å². The summed E-state index contributed by atoms with van der Waals surface area (Å²) >= 11 is 0. The highest BCUT2D eigenvalue weighted by Crippen LogP contribution is 2.33. The maximum atomic E-state index is 12.4. The Balaban J connectivity index is 0.00000220. The highest BCUT2D eigenvalue weighted by Gasteiger charge is 2.33. The molecule has 0 aliphatic heterocycles. The van der Waals surface area contributed by atoms with Crippen LogP contribution in [0.15, 0.2) is 17.0 Å². The van der Waals surface area contributed by atoms with E-state index >= 15 is 0 Å². The molecule has 0 saturated heterocycles. The normalized spacial score (nSPS) is 16.2. The highest BCUT2D eigenvalue weighted by atomic mass is 35.5. The van der Waals surface area contributed by atoms with Crippen molar-refractivity contribution in [1.29, 1.82) is 0 Å². The molecule has 1 atom stereocenters. The standard InChI is InChI=1S/C14H22N2O3S.ClH/c1-9-6-12(7-10(2)14(9)19-3)20(17,18)16-13(8-15)11-4-5-11;/h6-7,11,13,16H,4-5,8,15H2,1-3H3;1H. The molecule has 0 amide bonds. The van der Waals surface area contributed by atoms with Crippen LogP contribution in [0.4, 0.5) is 0 Å². The van der Waals surface area contributed by atoms with Gasteiger partial charge in [-0.05, 0) is 55.9 Å². The fourth-order valence-corrected chi connectivity index (χ4v) is 3.98. The van der Waals surface area contributed by atoms with Crippen molar-refractivity contribution in [3.05, 3.63) is 23.3 Å². The van der Waals surface area contributed by atoms with Gasteiger partial charge in [0, 0.05) is 12.6 Å². The minimum absolute atomic E-state index is 0. The van der Waals surface area contributed by atoms with E-state index in [1.165, 1.54) is 0 Å². The lowest BCUT2D eigenvalue weighted by Gasteiger charge is -2.17. The van der Waals surface area contributed by atoms with E-state index in [2.05, 4.69) is 4.72 Å². The molecular formula is C14H23ClN2O3S. The fraction of sp³-hybridized carbons (Fsp3) is 0.571. The first-order valence-corrected chi connectivity index (χ1v) is 8.25. The molecule has 5 nitrogen and oxygen atoms in total. The van der Waals surface area contributed by atoms with Gasteiger partial charge in [-0.25, -0.2) is 13.1 Å². The Morgan fingerprint density at radius 2 is 1.86 bits per heavy atom. The average molecular weight is 335 g/mol. The monoisotopic (exact) mass is 334 g/mol. The molecule has 7 heteroatoms. The van der Waals surface area contributed by atoms with Crippen molar-refractivity contribution in [2.45, 2.75) is 37.6 Å². The molecule has 1 unspecified atom stereocenters. The number of ether oxygens (including phenoxy) is 1. The number of nitrogens with one attached hydrogen (secondary N) is 1. The zero-order valence-electron chi connectivity index (χ0n) is 12.5. The van der Waals surface area contributed by atoms with Gasteiger partial charge in [-0.15, -0.1) is 12.4 Å². The van der Waals surface area contributed by atoms with Crippen LogP contribution < -0.4 is 15.2 Å². The molecule has 1 fully saturated rings. The van der Waals surface area contributed by atoms with Gasteiger partial charge < -0.3 is 10.5 Å². The van der Waals surface area contributed by atoms with Gasteiger partial charge >= 0.3 is 0 Å². The van der Waals surface area contributed by atoms with Gasteiger partial charge in [0.15, 0.2) is 0 Å². The molecule has 1 aliphatic carbocycles. The van der Waals surface area contributed by atoms with Crippen molar-refractivity contribution in [1.82, 2.24) is 4.72 Å². The molecule has 1 aromatic carbocycles. The Labute approximate surface area is 132 Å².